The van der Waals surface area contributed by atoms with Gasteiger partial charge in [-0.1, -0.05) is 17.1 Å². The Kier molecular flexibility index (Phi) is 6.71. The third-order valence-corrected chi connectivity index (χ3v) is 8.18. The molecule has 6 nitrogen and oxygen atoms in total. The van der Waals surface area contributed by atoms with Crippen LogP contribution in [0.3, 0.4) is 0 Å². The van der Waals surface area contributed by atoms with E-state index in [-0.39, 0.29) is 22.6 Å². The number of aromatic nitrogens is 2. The molecule has 1 saturated carbocycles. The summed E-state index contributed by atoms with van der Waals surface area (Å²) in [6, 6.07) is 8.50. The molecule has 0 unspecified atom stereocenters. The van der Waals surface area contributed by atoms with Gasteiger partial charge in [0.2, 0.25) is 0 Å². The number of benzene rings is 2. The SMILES string of the molecule is COc1cc(N=S2CCCC2)cc2ncnc(Nc3ccc(F)cc3OC3CCCCC3)c12. The maximum Gasteiger partial charge on any atom is 0.146 e. The average Bonchev–Trinajstić information content (AvgIpc) is 3.34. The molecular formula is C25H29FN4O2S. The van der Waals surface area contributed by atoms with Crippen molar-refractivity contribution in [3.8, 4) is 11.5 Å². The molecule has 1 aliphatic heterocycles. The molecule has 0 atom stereocenters. The summed E-state index contributed by atoms with van der Waals surface area (Å²) in [6.45, 7) is 0. The number of nitrogens with one attached hydrogen (secondary N) is 1. The molecule has 1 N–H and O–H groups in total. The third kappa shape index (κ3) is 5.11. The second-order valence-electron chi connectivity index (χ2n) is 8.58. The average molecular weight is 469 g/mol. The summed E-state index contributed by atoms with van der Waals surface area (Å²) in [4.78, 5) is 8.95. The highest BCUT2D eigenvalue weighted by Gasteiger charge is 2.19. The van der Waals surface area contributed by atoms with E-state index in [1.165, 1.54) is 37.7 Å². The van der Waals surface area contributed by atoms with Crippen LogP contribution in [-0.4, -0.2) is 34.7 Å². The van der Waals surface area contributed by atoms with Crippen molar-refractivity contribution < 1.29 is 13.9 Å². The van der Waals surface area contributed by atoms with E-state index < -0.39 is 0 Å². The molecule has 1 aliphatic carbocycles. The second-order valence-corrected chi connectivity index (χ2v) is 10.5. The van der Waals surface area contributed by atoms with Crippen molar-refractivity contribution in [3.63, 3.8) is 0 Å². The number of ether oxygens (including phenoxy) is 2. The van der Waals surface area contributed by atoms with Crippen molar-refractivity contribution in [1.29, 1.82) is 0 Å². The normalized spacial score (nSPS) is 17.3. The highest BCUT2D eigenvalue weighted by atomic mass is 32.2. The fourth-order valence-electron chi connectivity index (χ4n) is 4.52. The highest BCUT2D eigenvalue weighted by Crippen LogP contribution is 2.38. The van der Waals surface area contributed by atoms with Gasteiger partial charge in [0.1, 0.15) is 29.5 Å². The molecule has 0 radical (unpaired) electrons. The van der Waals surface area contributed by atoms with E-state index in [4.69, 9.17) is 13.8 Å². The zero-order valence-electron chi connectivity index (χ0n) is 18.8. The fraction of sp³-hybridized carbons (Fsp3) is 0.440. The van der Waals surface area contributed by atoms with Crippen LogP contribution in [-0.2, 0) is 10.7 Å². The van der Waals surface area contributed by atoms with Gasteiger partial charge in [-0.05, 0) is 56.7 Å². The monoisotopic (exact) mass is 468 g/mol. The number of rotatable bonds is 6. The molecule has 1 saturated heterocycles. The lowest BCUT2D eigenvalue weighted by atomic mass is 9.98. The number of hydrogen-bond donors (Lipinski definition) is 1. The summed E-state index contributed by atoms with van der Waals surface area (Å²) in [7, 11) is 1.72. The smallest absolute Gasteiger partial charge is 0.146 e. The Hall–Kier alpha value is -2.74. The van der Waals surface area contributed by atoms with Gasteiger partial charge in [-0.3, -0.25) is 0 Å². The topological polar surface area (TPSA) is 68.6 Å². The van der Waals surface area contributed by atoms with E-state index in [2.05, 4.69) is 15.3 Å². The first-order valence-corrected chi connectivity index (χ1v) is 13.2. The molecule has 2 heterocycles. The molecule has 0 spiro atoms. The van der Waals surface area contributed by atoms with E-state index in [0.29, 0.717) is 23.0 Å². The summed E-state index contributed by atoms with van der Waals surface area (Å²) in [5.41, 5.74) is 2.31. The van der Waals surface area contributed by atoms with Gasteiger partial charge in [-0.15, -0.1) is 0 Å². The molecule has 2 aliphatic rings. The van der Waals surface area contributed by atoms with Crippen LogP contribution in [0.5, 0.6) is 11.5 Å². The van der Waals surface area contributed by atoms with E-state index in [9.17, 15) is 4.39 Å². The van der Waals surface area contributed by atoms with Crippen LogP contribution in [0.15, 0.2) is 41.0 Å². The molecule has 33 heavy (non-hydrogen) atoms. The van der Waals surface area contributed by atoms with Crippen LogP contribution in [0.4, 0.5) is 21.6 Å². The van der Waals surface area contributed by atoms with E-state index in [1.807, 2.05) is 12.1 Å². The maximum atomic E-state index is 14.1. The van der Waals surface area contributed by atoms with Gasteiger partial charge in [0.15, 0.2) is 0 Å². The summed E-state index contributed by atoms with van der Waals surface area (Å²) < 4.78 is 30.9. The molecule has 3 aromatic rings. The molecule has 0 amide bonds. The number of hydrogen-bond acceptors (Lipinski definition) is 6. The van der Waals surface area contributed by atoms with Crippen molar-refractivity contribution in [2.45, 2.75) is 51.0 Å². The van der Waals surface area contributed by atoms with Crippen molar-refractivity contribution >= 4 is 38.8 Å². The standard InChI is InChI=1S/C25H29FN4O2S/c1-31-23-15-18(30-33-11-5-6-12-33)14-21-24(23)25(28-16-27-21)29-20-10-9-17(26)13-22(20)32-19-7-3-2-4-8-19/h9-10,13-16,19H,2-8,11-12H2,1H3,(H,27,28,29). The minimum absolute atomic E-state index is 0.0807. The number of anilines is 2. The minimum atomic E-state index is -0.324. The Balaban J connectivity index is 1.49. The van der Waals surface area contributed by atoms with E-state index >= 15 is 0 Å². The van der Waals surface area contributed by atoms with E-state index in [1.54, 1.807) is 13.2 Å². The first-order valence-electron chi connectivity index (χ1n) is 11.6. The minimum Gasteiger partial charge on any atom is -0.496 e. The van der Waals surface area contributed by atoms with Gasteiger partial charge in [0.25, 0.3) is 0 Å². The summed E-state index contributed by atoms with van der Waals surface area (Å²) in [5, 5.41) is 4.11. The maximum absolute atomic E-state index is 14.1. The predicted octanol–water partition coefficient (Wildman–Crippen LogP) is 6.46. The molecule has 0 bridgehead atoms. The molecule has 2 aromatic carbocycles. The number of fused-ring (bicyclic) bond motifs is 1. The van der Waals surface area contributed by atoms with Crippen LogP contribution in [0.1, 0.15) is 44.9 Å². The first kappa shape index (κ1) is 22.1. The Labute approximate surface area is 196 Å². The van der Waals surface area contributed by atoms with Crippen LogP contribution in [0.25, 0.3) is 10.9 Å². The highest BCUT2D eigenvalue weighted by molar-refractivity contribution is 7.87. The van der Waals surface area contributed by atoms with Crippen LogP contribution in [0, 0.1) is 5.82 Å². The predicted molar refractivity (Wildman–Crippen MR) is 132 cm³/mol. The van der Waals surface area contributed by atoms with Crippen LogP contribution < -0.4 is 14.8 Å². The van der Waals surface area contributed by atoms with Crippen LogP contribution >= 0.6 is 0 Å². The fourth-order valence-corrected chi connectivity index (χ4v) is 6.38. The van der Waals surface area contributed by atoms with E-state index in [0.717, 1.165) is 53.8 Å². The zero-order valence-corrected chi connectivity index (χ0v) is 19.7. The Bertz CT molecular complexity index is 1170. The Morgan fingerprint density at radius 3 is 2.61 bits per heavy atom. The van der Waals surface area contributed by atoms with Gasteiger partial charge in [-0.25, -0.2) is 18.7 Å². The molecular weight excluding hydrogens is 439 g/mol. The van der Waals surface area contributed by atoms with Crippen molar-refractivity contribution in [3.05, 3.63) is 42.5 Å². The lowest BCUT2D eigenvalue weighted by Gasteiger charge is -2.24. The number of halogens is 1. The van der Waals surface area contributed by atoms with Gasteiger partial charge < -0.3 is 14.8 Å². The summed E-state index contributed by atoms with van der Waals surface area (Å²) in [5.74, 6) is 3.74. The quantitative estimate of drug-likeness (QED) is 0.450. The number of nitrogens with zero attached hydrogens (tertiary/aromatic N) is 3. The van der Waals surface area contributed by atoms with Crippen molar-refractivity contribution in [2.75, 3.05) is 23.9 Å². The molecule has 8 heteroatoms. The van der Waals surface area contributed by atoms with Gasteiger partial charge in [-0.2, -0.15) is 0 Å². The van der Waals surface area contributed by atoms with Crippen LogP contribution in [0.2, 0.25) is 0 Å². The molecule has 2 fully saturated rings. The van der Waals surface area contributed by atoms with Crippen molar-refractivity contribution in [2.24, 2.45) is 4.36 Å². The lowest BCUT2D eigenvalue weighted by Crippen LogP contribution is -2.20. The molecule has 5 rings (SSSR count). The van der Waals surface area contributed by atoms with Gasteiger partial charge in [0, 0.05) is 23.6 Å². The Morgan fingerprint density at radius 1 is 1.00 bits per heavy atom. The first-order chi connectivity index (χ1) is 16.2. The third-order valence-electron chi connectivity index (χ3n) is 6.19. The largest absolute Gasteiger partial charge is 0.496 e. The summed E-state index contributed by atoms with van der Waals surface area (Å²) >= 11 is 0. The Morgan fingerprint density at radius 2 is 1.82 bits per heavy atom. The van der Waals surface area contributed by atoms with Gasteiger partial charge >= 0.3 is 0 Å². The number of methoxy groups -OCH3 is 1. The molecule has 174 valence electrons. The summed E-state index contributed by atoms with van der Waals surface area (Å²) in [6.07, 6.45) is 9.64. The molecule has 1 aromatic heterocycles. The zero-order chi connectivity index (χ0) is 22.6. The lowest BCUT2D eigenvalue weighted by molar-refractivity contribution is 0.155. The van der Waals surface area contributed by atoms with Gasteiger partial charge in [0.05, 0.1) is 35.5 Å². The second kappa shape index (κ2) is 10.0. The van der Waals surface area contributed by atoms with Crippen molar-refractivity contribution in [1.82, 2.24) is 9.97 Å².